The van der Waals surface area contributed by atoms with Crippen LogP contribution in [0.2, 0.25) is 5.02 Å². The topological polar surface area (TPSA) is 103 Å². The minimum absolute atomic E-state index is 0.136. The molecule has 1 aromatic heterocycles. The number of nitrogens with zero attached hydrogens (tertiary/aromatic N) is 2. The van der Waals surface area contributed by atoms with Crippen LogP contribution in [0.4, 0.5) is 4.39 Å². The van der Waals surface area contributed by atoms with E-state index in [4.69, 9.17) is 17.3 Å². The first kappa shape index (κ1) is 15.3. The molecule has 0 spiro atoms. The summed E-state index contributed by atoms with van der Waals surface area (Å²) in [5.41, 5.74) is 5.03. The van der Waals surface area contributed by atoms with Gasteiger partial charge in [-0.2, -0.15) is 0 Å². The largest absolute Gasteiger partial charge is 0.364 e. The standard InChI is InChI=1S/C12H9ClFN3O3S/c13-9-5-16-12(17-10(9)11(15)18)21(19,20)6-7-1-3-8(14)4-2-7/h1-5H,6H2,(H2,15,18). The third-order valence-corrected chi connectivity index (χ3v) is 4.25. The highest BCUT2D eigenvalue weighted by Gasteiger charge is 2.22. The van der Waals surface area contributed by atoms with Gasteiger partial charge in [0.1, 0.15) is 5.82 Å². The van der Waals surface area contributed by atoms with Crippen LogP contribution in [0.1, 0.15) is 16.1 Å². The molecule has 0 fully saturated rings. The van der Waals surface area contributed by atoms with Gasteiger partial charge in [0.15, 0.2) is 5.69 Å². The zero-order chi connectivity index (χ0) is 15.6. The molecule has 1 amide bonds. The van der Waals surface area contributed by atoms with Gasteiger partial charge in [-0.3, -0.25) is 4.79 Å². The van der Waals surface area contributed by atoms with E-state index in [0.717, 1.165) is 18.3 Å². The van der Waals surface area contributed by atoms with E-state index in [0.29, 0.717) is 5.56 Å². The molecule has 0 bridgehead atoms. The van der Waals surface area contributed by atoms with Gasteiger partial charge in [0.2, 0.25) is 15.0 Å². The third-order valence-electron chi connectivity index (χ3n) is 2.50. The Morgan fingerprint density at radius 1 is 1.29 bits per heavy atom. The summed E-state index contributed by atoms with van der Waals surface area (Å²) >= 11 is 5.66. The average molecular weight is 330 g/mol. The Morgan fingerprint density at radius 3 is 2.48 bits per heavy atom. The summed E-state index contributed by atoms with van der Waals surface area (Å²) in [5, 5.41) is -0.701. The number of rotatable bonds is 4. The quantitative estimate of drug-likeness (QED) is 0.853. The fourth-order valence-electron chi connectivity index (χ4n) is 1.54. The number of primary amides is 1. The van der Waals surface area contributed by atoms with Crippen LogP contribution in [0, 0.1) is 5.82 Å². The number of sulfone groups is 1. The van der Waals surface area contributed by atoms with Gasteiger partial charge in [0, 0.05) is 0 Å². The predicted octanol–water partition coefficient (Wildman–Crippen LogP) is 1.34. The summed E-state index contributed by atoms with van der Waals surface area (Å²) in [6.07, 6.45) is 0.992. The maximum Gasteiger partial charge on any atom is 0.269 e. The van der Waals surface area contributed by atoms with Crippen LogP contribution in [0.25, 0.3) is 0 Å². The average Bonchev–Trinajstić information content (AvgIpc) is 2.41. The summed E-state index contributed by atoms with van der Waals surface area (Å²) in [4.78, 5) is 18.3. The fraction of sp³-hybridized carbons (Fsp3) is 0.0833. The molecular formula is C12H9ClFN3O3S. The van der Waals surface area contributed by atoms with E-state index in [1.807, 2.05) is 0 Å². The highest BCUT2D eigenvalue weighted by molar-refractivity contribution is 7.90. The van der Waals surface area contributed by atoms with Crippen molar-refractivity contribution in [3.8, 4) is 0 Å². The Hall–Kier alpha value is -2.06. The van der Waals surface area contributed by atoms with Crippen LogP contribution in [-0.4, -0.2) is 24.3 Å². The van der Waals surface area contributed by atoms with Gasteiger partial charge in [0.05, 0.1) is 17.0 Å². The second kappa shape index (κ2) is 5.74. The van der Waals surface area contributed by atoms with Crippen LogP contribution >= 0.6 is 11.6 Å². The highest BCUT2D eigenvalue weighted by Crippen LogP contribution is 2.17. The van der Waals surface area contributed by atoms with E-state index in [9.17, 15) is 17.6 Å². The summed E-state index contributed by atoms with van der Waals surface area (Å²) in [5.74, 6) is -1.87. The van der Waals surface area contributed by atoms with Crippen LogP contribution in [-0.2, 0) is 15.6 Å². The predicted molar refractivity (Wildman–Crippen MR) is 72.8 cm³/mol. The van der Waals surface area contributed by atoms with Crippen molar-refractivity contribution >= 4 is 27.3 Å². The number of benzene rings is 1. The lowest BCUT2D eigenvalue weighted by atomic mass is 10.2. The molecule has 6 nitrogen and oxygen atoms in total. The van der Waals surface area contributed by atoms with E-state index in [2.05, 4.69) is 9.97 Å². The summed E-state index contributed by atoms with van der Waals surface area (Å²) in [6, 6.07) is 4.94. The molecule has 0 atom stereocenters. The number of hydrogen-bond donors (Lipinski definition) is 1. The SMILES string of the molecule is NC(=O)c1nc(S(=O)(=O)Cc2ccc(F)cc2)ncc1Cl. The molecule has 0 unspecified atom stereocenters. The minimum Gasteiger partial charge on any atom is -0.364 e. The van der Waals surface area contributed by atoms with Crippen molar-refractivity contribution in [1.29, 1.82) is 0 Å². The first-order valence-corrected chi connectivity index (χ1v) is 7.62. The van der Waals surface area contributed by atoms with Crippen LogP contribution in [0.3, 0.4) is 0 Å². The lowest BCUT2D eigenvalue weighted by molar-refractivity contribution is 0.0995. The summed E-state index contributed by atoms with van der Waals surface area (Å²) in [6.45, 7) is 0. The Kier molecular flexibility index (Phi) is 4.19. The lowest BCUT2D eigenvalue weighted by Crippen LogP contribution is -2.18. The van der Waals surface area contributed by atoms with Crippen molar-refractivity contribution in [1.82, 2.24) is 9.97 Å². The van der Waals surface area contributed by atoms with Crippen LogP contribution in [0.5, 0.6) is 0 Å². The first-order chi connectivity index (χ1) is 9.79. The maximum atomic E-state index is 12.8. The van der Waals surface area contributed by atoms with Crippen molar-refractivity contribution < 1.29 is 17.6 Å². The third kappa shape index (κ3) is 3.53. The highest BCUT2D eigenvalue weighted by atomic mass is 35.5. The molecule has 0 aliphatic rings. The lowest BCUT2D eigenvalue weighted by Gasteiger charge is -2.05. The molecule has 0 aliphatic heterocycles. The van der Waals surface area contributed by atoms with E-state index in [1.165, 1.54) is 12.1 Å². The van der Waals surface area contributed by atoms with Gasteiger partial charge in [-0.25, -0.2) is 22.8 Å². The van der Waals surface area contributed by atoms with Crippen LogP contribution in [0.15, 0.2) is 35.6 Å². The van der Waals surface area contributed by atoms with Crippen molar-refractivity contribution in [2.45, 2.75) is 10.9 Å². The summed E-state index contributed by atoms with van der Waals surface area (Å²) in [7, 11) is -3.91. The molecule has 2 rings (SSSR count). The number of carbonyl (C=O) groups excluding carboxylic acids is 1. The molecule has 2 N–H and O–H groups in total. The van der Waals surface area contributed by atoms with E-state index >= 15 is 0 Å². The molecule has 2 aromatic rings. The number of nitrogens with two attached hydrogens (primary N) is 1. The number of halogens is 2. The monoisotopic (exact) mass is 329 g/mol. The second-order valence-electron chi connectivity index (χ2n) is 4.10. The normalized spacial score (nSPS) is 11.3. The molecule has 9 heteroatoms. The second-order valence-corrected chi connectivity index (χ2v) is 6.39. The molecule has 110 valence electrons. The first-order valence-electron chi connectivity index (χ1n) is 5.59. The zero-order valence-electron chi connectivity index (χ0n) is 10.5. The molecule has 0 saturated carbocycles. The Labute approximate surface area is 124 Å². The molecule has 1 heterocycles. The zero-order valence-corrected chi connectivity index (χ0v) is 12.0. The van der Waals surface area contributed by atoms with E-state index in [1.54, 1.807) is 0 Å². The van der Waals surface area contributed by atoms with E-state index < -0.39 is 32.5 Å². The van der Waals surface area contributed by atoms with Crippen molar-refractivity contribution in [3.63, 3.8) is 0 Å². The van der Waals surface area contributed by atoms with Crippen LogP contribution < -0.4 is 5.73 Å². The molecule has 1 aromatic carbocycles. The Balaban J connectivity index is 2.38. The molecule has 0 aliphatic carbocycles. The molecule has 21 heavy (non-hydrogen) atoms. The van der Waals surface area contributed by atoms with Gasteiger partial charge in [-0.15, -0.1) is 0 Å². The molecular weight excluding hydrogens is 321 g/mol. The van der Waals surface area contributed by atoms with Crippen molar-refractivity contribution in [2.24, 2.45) is 5.73 Å². The molecule has 0 saturated heterocycles. The molecule has 0 radical (unpaired) electrons. The smallest absolute Gasteiger partial charge is 0.269 e. The van der Waals surface area contributed by atoms with E-state index in [-0.39, 0.29) is 10.7 Å². The Morgan fingerprint density at radius 2 is 1.90 bits per heavy atom. The fourth-order valence-corrected chi connectivity index (χ4v) is 2.93. The van der Waals surface area contributed by atoms with Gasteiger partial charge in [-0.05, 0) is 17.7 Å². The summed E-state index contributed by atoms with van der Waals surface area (Å²) < 4.78 is 37.1. The van der Waals surface area contributed by atoms with Crippen molar-refractivity contribution in [3.05, 3.63) is 52.6 Å². The van der Waals surface area contributed by atoms with Gasteiger partial charge in [0.25, 0.3) is 5.91 Å². The number of aromatic nitrogens is 2. The van der Waals surface area contributed by atoms with Gasteiger partial charge >= 0.3 is 0 Å². The maximum absolute atomic E-state index is 12.8. The number of amides is 1. The minimum atomic E-state index is -3.91. The van der Waals surface area contributed by atoms with Crippen molar-refractivity contribution in [2.75, 3.05) is 0 Å². The van der Waals surface area contributed by atoms with Gasteiger partial charge < -0.3 is 5.73 Å². The van der Waals surface area contributed by atoms with Gasteiger partial charge in [-0.1, -0.05) is 23.7 Å². The number of hydrogen-bond acceptors (Lipinski definition) is 5. The Bertz CT molecular complexity index is 794. The number of carbonyl (C=O) groups is 1.